The van der Waals surface area contributed by atoms with Crippen LogP contribution < -0.4 is 14.8 Å². The first-order valence-corrected chi connectivity index (χ1v) is 9.78. The zero-order valence-corrected chi connectivity index (χ0v) is 16.9. The number of benzene rings is 2. The number of hydrogen-bond donors (Lipinski definition) is 1. The summed E-state index contributed by atoms with van der Waals surface area (Å²) in [5.41, 5.74) is 2.00. The Kier molecular flexibility index (Phi) is 6.57. The van der Waals surface area contributed by atoms with Crippen molar-refractivity contribution in [1.82, 2.24) is 0 Å². The van der Waals surface area contributed by atoms with Crippen molar-refractivity contribution < 1.29 is 19.0 Å². The minimum Gasteiger partial charge on any atom is -0.491 e. The standard InChI is InChI=1S/C23H29NO4/c1-23(2,3)17-9-11-19(12-10-17)28-16-22(25)24-18-6-4-7-20(14-18)27-15-21-8-5-13-26-21/h4,6-7,9-12,14,21H,5,8,13,15-16H2,1-3H3,(H,24,25). The predicted octanol–water partition coefficient (Wildman–Crippen LogP) is 4.56. The van der Waals surface area contributed by atoms with Crippen molar-refractivity contribution in [3.63, 3.8) is 0 Å². The van der Waals surface area contributed by atoms with Crippen LogP contribution in [0.25, 0.3) is 0 Å². The van der Waals surface area contributed by atoms with E-state index in [1.54, 1.807) is 0 Å². The molecule has 0 spiro atoms. The summed E-state index contributed by atoms with van der Waals surface area (Å²) in [5.74, 6) is 1.18. The van der Waals surface area contributed by atoms with E-state index in [-0.39, 0.29) is 24.0 Å². The minimum absolute atomic E-state index is 0.0458. The van der Waals surface area contributed by atoms with Gasteiger partial charge in [-0.05, 0) is 48.1 Å². The molecular weight excluding hydrogens is 354 g/mol. The second kappa shape index (κ2) is 9.11. The minimum atomic E-state index is -0.212. The van der Waals surface area contributed by atoms with Gasteiger partial charge in [0.05, 0.1) is 6.10 Å². The van der Waals surface area contributed by atoms with Crippen LogP contribution >= 0.6 is 0 Å². The van der Waals surface area contributed by atoms with Gasteiger partial charge in [0, 0.05) is 18.4 Å². The van der Waals surface area contributed by atoms with E-state index in [0.717, 1.165) is 19.4 Å². The first kappa shape index (κ1) is 20.2. The van der Waals surface area contributed by atoms with Crippen LogP contribution in [0, 0.1) is 0 Å². The molecule has 1 fully saturated rings. The Morgan fingerprint density at radius 2 is 1.89 bits per heavy atom. The van der Waals surface area contributed by atoms with E-state index >= 15 is 0 Å². The van der Waals surface area contributed by atoms with Crippen molar-refractivity contribution in [1.29, 1.82) is 0 Å². The van der Waals surface area contributed by atoms with E-state index in [2.05, 4.69) is 26.1 Å². The number of carbonyl (C=O) groups excluding carboxylic acids is 1. The molecule has 1 amide bonds. The molecule has 5 nitrogen and oxygen atoms in total. The van der Waals surface area contributed by atoms with Crippen molar-refractivity contribution >= 4 is 11.6 Å². The molecule has 0 aliphatic carbocycles. The van der Waals surface area contributed by atoms with Gasteiger partial charge in [-0.15, -0.1) is 0 Å². The number of ether oxygens (including phenoxy) is 3. The van der Waals surface area contributed by atoms with E-state index in [0.29, 0.717) is 23.8 Å². The molecular formula is C23H29NO4. The topological polar surface area (TPSA) is 56.8 Å². The Bertz CT molecular complexity index is 774. The lowest BCUT2D eigenvalue weighted by atomic mass is 9.87. The van der Waals surface area contributed by atoms with Gasteiger partial charge in [0.2, 0.25) is 0 Å². The number of anilines is 1. The fraction of sp³-hybridized carbons (Fsp3) is 0.435. The third-order valence-electron chi connectivity index (χ3n) is 4.67. The van der Waals surface area contributed by atoms with Crippen molar-refractivity contribution in [2.45, 2.75) is 45.1 Å². The van der Waals surface area contributed by atoms with Crippen LogP contribution in [0.3, 0.4) is 0 Å². The summed E-state index contributed by atoms with van der Waals surface area (Å²) in [7, 11) is 0. The van der Waals surface area contributed by atoms with Gasteiger partial charge in [-0.1, -0.05) is 39.0 Å². The normalized spacial score (nSPS) is 16.6. The van der Waals surface area contributed by atoms with Gasteiger partial charge < -0.3 is 19.5 Å². The molecule has 2 aromatic rings. The second-order valence-electron chi connectivity index (χ2n) is 8.09. The highest BCUT2D eigenvalue weighted by Crippen LogP contribution is 2.24. The fourth-order valence-corrected chi connectivity index (χ4v) is 3.03. The molecule has 1 aliphatic rings. The van der Waals surface area contributed by atoms with Gasteiger partial charge in [0.25, 0.3) is 5.91 Å². The second-order valence-corrected chi connectivity index (χ2v) is 8.09. The maximum atomic E-state index is 12.2. The number of amides is 1. The van der Waals surface area contributed by atoms with Crippen LogP contribution in [-0.4, -0.2) is 31.8 Å². The molecule has 28 heavy (non-hydrogen) atoms. The molecule has 1 N–H and O–H groups in total. The van der Waals surface area contributed by atoms with Crippen LogP contribution in [0.5, 0.6) is 11.5 Å². The Labute approximate surface area is 167 Å². The van der Waals surface area contributed by atoms with Gasteiger partial charge in [-0.2, -0.15) is 0 Å². The highest BCUT2D eigenvalue weighted by Gasteiger charge is 2.16. The van der Waals surface area contributed by atoms with Gasteiger partial charge in [0.15, 0.2) is 6.61 Å². The van der Waals surface area contributed by atoms with Crippen LogP contribution in [0.2, 0.25) is 0 Å². The number of rotatable bonds is 7. The molecule has 1 aliphatic heterocycles. The number of hydrogen-bond acceptors (Lipinski definition) is 4. The van der Waals surface area contributed by atoms with Crippen LogP contribution in [0.1, 0.15) is 39.2 Å². The summed E-state index contributed by atoms with van der Waals surface area (Å²) in [6.45, 7) is 7.78. The van der Waals surface area contributed by atoms with E-state index < -0.39 is 0 Å². The van der Waals surface area contributed by atoms with Crippen molar-refractivity contribution in [3.8, 4) is 11.5 Å². The lowest BCUT2D eigenvalue weighted by Gasteiger charge is -2.19. The monoisotopic (exact) mass is 383 g/mol. The van der Waals surface area contributed by atoms with Gasteiger partial charge in [-0.25, -0.2) is 0 Å². The van der Waals surface area contributed by atoms with Gasteiger partial charge in [-0.3, -0.25) is 4.79 Å². The summed E-state index contributed by atoms with van der Waals surface area (Å²) in [6.07, 6.45) is 2.28. The van der Waals surface area contributed by atoms with Crippen LogP contribution in [0.4, 0.5) is 5.69 Å². The van der Waals surface area contributed by atoms with Crippen molar-refractivity contribution in [2.75, 3.05) is 25.1 Å². The average molecular weight is 383 g/mol. The quantitative estimate of drug-likeness (QED) is 0.761. The molecule has 0 radical (unpaired) electrons. The molecule has 1 unspecified atom stereocenters. The Morgan fingerprint density at radius 1 is 1.11 bits per heavy atom. The Morgan fingerprint density at radius 3 is 2.57 bits per heavy atom. The highest BCUT2D eigenvalue weighted by atomic mass is 16.5. The number of nitrogens with one attached hydrogen (secondary N) is 1. The summed E-state index contributed by atoms with van der Waals surface area (Å²) in [6, 6.07) is 15.2. The number of carbonyl (C=O) groups is 1. The smallest absolute Gasteiger partial charge is 0.262 e. The molecule has 0 bridgehead atoms. The molecule has 3 rings (SSSR count). The molecule has 5 heteroatoms. The van der Waals surface area contributed by atoms with E-state index in [1.807, 2.05) is 48.5 Å². The summed E-state index contributed by atoms with van der Waals surface area (Å²) >= 11 is 0. The predicted molar refractivity (Wildman–Crippen MR) is 110 cm³/mol. The molecule has 0 saturated carbocycles. The lowest BCUT2D eigenvalue weighted by Crippen LogP contribution is -2.20. The Hall–Kier alpha value is -2.53. The lowest BCUT2D eigenvalue weighted by molar-refractivity contribution is -0.118. The maximum Gasteiger partial charge on any atom is 0.262 e. The molecule has 1 saturated heterocycles. The molecule has 1 heterocycles. The summed E-state index contributed by atoms with van der Waals surface area (Å²) in [5, 5.41) is 2.84. The van der Waals surface area contributed by atoms with E-state index in [4.69, 9.17) is 14.2 Å². The third kappa shape index (κ3) is 5.99. The van der Waals surface area contributed by atoms with Crippen molar-refractivity contribution in [2.24, 2.45) is 0 Å². The third-order valence-corrected chi connectivity index (χ3v) is 4.67. The first-order valence-electron chi connectivity index (χ1n) is 9.78. The van der Waals surface area contributed by atoms with Crippen molar-refractivity contribution in [3.05, 3.63) is 54.1 Å². The Balaban J connectivity index is 1.47. The summed E-state index contributed by atoms with van der Waals surface area (Å²) in [4.78, 5) is 12.2. The SMILES string of the molecule is CC(C)(C)c1ccc(OCC(=O)Nc2cccc(OCC3CCCO3)c2)cc1. The zero-order chi connectivity index (χ0) is 20.0. The van der Waals surface area contributed by atoms with Crippen LogP contribution in [-0.2, 0) is 14.9 Å². The summed E-state index contributed by atoms with van der Waals surface area (Å²) < 4.78 is 16.9. The highest BCUT2D eigenvalue weighted by molar-refractivity contribution is 5.92. The van der Waals surface area contributed by atoms with Crippen LogP contribution in [0.15, 0.2) is 48.5 Å². The first-order chi connectivity index (χ1) is 13.4. The fourth-order valence-electron chi connectivity index (χ4n) is 3.03. The maximum absolute atomic E-state index is 12.2. The largest absolute Gasteiger partial charge is 0.491 e. The molecule has 2 aromatic carbocycles. The molecule has 1 atom stereocenters. The zero-order valence-electron chi connectivity index (χ0n) is 16.9. The average Bonchev–Trinajstić information content (AvgIpc) is 3.18. The van der Waals surface area contributed by atoms with Gasteiger partial charge >= 0.3 is 0 Å². The molecule has 0 aromatic heterocycles. The van der Waals surface area contributed by atoms with E-state index in [1.165, 1.54) is 5.56 Å². The van der Waals surface area contributed by atoms with Gasteiger partial charge in [0.1, 0.15) is 18.1 Å². The molecule has 150 valence electrons. The van der Waals surface area contributed by atoms with E-state index in [9.17, 15) is 4.79 Å².